The lowest BCUT2D eigenvalue weighted by Gasteiger charge is -2.49. The molecule has 0 aliphatic heterocycles. The van der Waals surface area contributed by atoms with Crippen LogP contribution < -0.4 is 5.73 Å². The number of nitrogens with two attached hydrogens (primary N) is 1. The van der Waals surface area contributed by atoms with Crippen LogP contribution in [0.3, 0.4) is 0 Å². The second-order valence-corrected chi connectivity index (χ2v) is 7.28. The van der Waals surface area contributed by atoms with Gasteiger partial charge >= 0.3 is 0 Å². The molecule has 5 heteroatoms. The van der Waals surface area contributed by atoms with Crippen LogP contribution in [0.1, 0.15) is 48.5 Å². The highest BCUT2D eigenvalue weighted by atomic mass is 19.1. The van der Waals surface area contributed by atoms with E-state index in [-0.39, 0.29) is 12.6 Å². The number of carbonyl (C=O) groups is 1. The quantitative estimate of drug-likeness (QED) is 0.782. The first kappa shape index (κ1) is 19.9. The fraction of sp³-hybridized carbons (Fsp3) is 0.650. The standard InChI is InChI=1S/C20H31FN2O2/c1-15-7-4-10-18(14-23(2)12-6-11-21)20(15,25-3)17-9-5-8-16(13-17)19(22)24/h5,8-9,13,15,18H,4,6-7,10-12,14H2,1-3H3,(H2,22,24). The van der Waals surface area contributed by atoms with Gasteiger partial charge in [0.1, 0.15) is 0 Å². The highest BCUT2D eigenvalue weighted by Crippen LogP contribution is 2.48. The number of nitrogens with zero attached hydrogens (tertiary/aromatic N) is 1. The van der Waals surface area contributed by atoms with Gasteiger partial charge in [-0.1, -0.05) is 25.5 Å². The molecule has 1 saturated carbocycles. The summed E-state index contributed by atoms with van der Waals surface area (Å²) in [4.78, 5) is 13.8. The number of hydrogen-bond donors (Lipinski definition) is 1. The highest BCUT2D eigenvalue weighted by molar-refractivity contribution is 5.92. The van der Waals surface area contributed by atoms with Crippen LogP contribution in [0.5, 0.6) is 0 Å². The Labute approximate surface area is 150 Å². The maximum atomic E-state index is 12.5. The van der Waals surface area contributed by atoms with Crippen molar-refractivity contribution in [1.82, 2.24) is 4.90 Å². The summed E-state index contributed by atoms with van der Waals surface area (Å²) < 4.78 is 18.7. The summed E-state index contributed by atoms with van der Waals surface area (Å²) in [5.74, 6) is 0.191. The minimum absolute atomic E-state index is 0.286. The molecule has 3 atom stereocenters. The normalized spacial score (nSPS) is 26.8. The van der Waals surface area contributed by atoms with E-state index in [1.54, 1.807) is 13.2 Å². The van der Waals surface area contributed by atoms with Crippen molar-refractivity contribution in [3.05, 3.63) is 35.4 Å². The van der Waals surface area contributed by atoms with Gasteiger partial charge in [-0.3, -0.25) is 9.18 Å². The van der Waals surface area contributed by atoms with Gasteiger partial charge in [-0.25, -0.2) is 0 Å². The Morgan fingerprint density at radius 1 is 1.44 bits per heavy atom. The summed E-state index contributed by atoms with van der Waals surface area (Å²) in [6.45, 7) is 3.51. The molecule has 4 nitrogen and oxygen atoms in total. The molecular weight excluding hydrogens is 319 g/mol. The van der Waals surface area contributed by atoms with Gasteiger partial charge in [0.2, 0.25) is 5.91 Å². The molecule has 25 heavy (non-hydrogen) atoms. The third-order valence-electron chi connectivity index (χ3n) is 5.67. The summed E-state index contributed by atoms with van der Waals surface area (Å²) in [7, 11) is 3.79. The van der Waals surface area contributed by atoms with Gasteiger partial charge in [-0.2, -0.15) is 0 Å². The van der Waals surface area contributed by atoms with Crippen LogP contribution in [0.25, 0.3) is 0 Å². The number of rotatable bonds is 8. The molecule has 140 valence electrons. The third-order valence-corrected chi connectivity index (χ3v) is 5.67. The van der Waals surface area contributed by atoms with Crippen molar-refractivity contribution in [3.8, 4) is 0 Å². The van der Waals surface area contributed by atoms with E-state index in [4.69, 9.17) is 10.5 Å². The predicted molar refractivity (Wildman–Crippen MR) is 98.2 cm³/mol. The van der Waals surface area contributed by atoms with Crippen molar-refractivity contribution in [2.24, 2.45) is 17.6 Å². The summed E-state index contributed by atoms with van der Waals surface area (Å²) >= 11 is 0. The Morgan fingerprint density at radius 3 is 2.84 bits per heavy atom. The average Bonchev–Trinajstić information content (AvgIpc) is 2.60. The van der Waals surface area contributed by atoms with Crippen LogP contribution >= 0.6 is 0 Å². The number of methoxy groups -OCH3 is 1. The Hall–Kier alpha value is -1.46. The van der Waals surface area contributed by atoms with Gasteiger partial charge < -0.3 is 15.4 Å². The minimum atomic E-state index is -0.451. The number of ether oxygens (including phenoxy) is 1. The zero-order valence-electron chi connectivity index (χ0n) is 15.6. The first-order chi connectivity index (χ1) is 12.0. The van der Waals surface area contributed by atoms with Crippen molar-refractivity contribution in [2.45, 2.75) is 38.2 Å². The Bertz CT molecular complexity index is 581. The summed E-state index contributed by atoms with van der Waals surface area (Å²) in [5, 5.41) is 0. The zero-order chi connectivity index (χ0) is 18.4. The van der Waals surface area contributed by atoms with Crippen LogP contribution in [0, 0.1) is 11.8 Å². The number of halogens is 1. The fourth-order valence-corrected chi connectivity index (χ4v) is 4.45. The number of primary amides is 1. The maximum absolute atomic E-state index is 12.5. The molecule has 0 bridgehead atoms. The Balaban J connectivity index is 2.37. The molecule has 0 radical (unpaired) electrons. The van der Waals surface area contributed by atoms with Crippen LogP contribution in [0.15, 0.2) is 24.3 Å². The molecule has 1 aromatic carbocycles. The van der Waals surface area contributed by atoms with Crippen LogP contribution in [-0.4, -0.2) is 44.7 Å². The smallest absolute Gasteiger partial charge is 0.248 e. The minimum Gasteiger partial charge on any atom is -0.373 e. The van der Waals surface area contributed by atoms with E-state index < -0.39 is 11.5 Å². The molecule has 1 aliphatic carbocycles. The molecule has 1 aliphatic rings. The van der Waals surface area contributed by atoms with Gasteiger partial charge in [-0.15, -0.1) is 0 Å². The van der Waals surface area contributed by atoms with E-state index in [0.29, 0.717) is 17.9 Å². The van der Waals surface area contributed by atoms with E-state index in [1.807, 2.05) is 25.2 Å². The van der Waals surface area contributed by atoms with Gasteiger partial charge in [0.15, 0.2) is 0 Å². The first-order valence-corrected chi connectivity index (χ1v) is 9.15. The van der Waals surface area contributed by atoms with Gasteiger partial charge in [0.05, 0.1) is 12.3 Å². The fourth-order valence-electron chi connectivity index (χ4n) is 4.45. The topological polar surface area (TPSA) is 55.6 Å². The van der Waals surface area contributed by atoms with Gasteiger partial charge in [0.25, 0.3) is 0 Å². The Kier molecular flexibility index (Phi) is 6.96. The molecule has 1 aromatic rings. The average molecular weight is 350 g/mol. The van der Waals surface area contributed by atoms with Gasteiger partial charge in [-0.05, 0) is 49.9 Å². The monoisotopic (exact) mass is 350 g/mol. The molecule has 2 rings (SSSR count). The molecule has 1 fully saturated rings. The summed E-state index contributed by atoms with van der Waals surface area (Å²) in [6, 6.07) is 7.53. The second kappa shape index (κ2) is 8.77. The number of benzene rings is 1. The molecular formula is C20H31FN2O2. The van der Waals surface area contributed by atoms with Crippen molar-refractivity contribution in [1.29, 1.82) is 0 Å². The molecule has 3 unspecified atom stereocenters. The first-order valence-electron chi connectivity index (χ1n) is 9.15. The van der Waals surface area contributed by atoms with Gasteiger partial charge in [0, 0.05) is 31.7 Å². The van der Waals surface area contributed by atoms with E-state index in [9.17, 15) is 9.18 Å². The number of hydrogen-bond acceptors (Lipinski definition) is 3. The lowest BCUT2D eigenvalue weighted by molar-refractivity contribution is -0.131. The lowest BCUT2D eigenvalue weighted by atomic mass is 9.65. The van der Waals surface area contributed by atoms with E-state index in [1.165, 1.54) is 0 Å². The number of carbonyl (C=O) groups excluding carboxylic acids is 1. The summed E-state index contributed by atoms with van der Waals surface area (Å²) in [5.41, 5.74) is 6.55. The predicted octanol–water partition coefficient (Wildman–Crippen LogP) is 3.35. The largest absolute Gasteiger partial charge is 0.373 e. The van der Waals surface area contributed by atoms with Crippen molar-refractivity contribution >= 4 is 5.91 Å². The van der Waals surface area contributed by atoms with Crippen molar-refractivity contribution in [3.63, 3.8) is 0 Å². The third kappa shape index (κ3) is 4.21. The van der Waals surface area contributed by atoms with Crippen molar-refractivity contribution in [2.75, 3.05) is 33.9 Å². The molecule has 0 aromatic heterocycles. The number of alkyl halides is 1. The highest BCUT2D eigenvalue weighted by Gasteiger charge is 2.47. The number of amides is 1. The molecule has 0 saturated heterocycles. The van der Waals surface area contributed by atoms with E-state index >= 15 is 0 Å². The summed E-state index contributed by atoms with van der Waals surface area (Å²) in [6.07, 6.45) is 3.84. The van der Waals surface area contributed by atoms with E-state index in [2.05, 4.69) is 11.8 Å². The van der Waals surface area contributed by atoms with Crippen LogP contribution in [-0.2, 0) is 10.3 Å². The molecule has 1 amide bonds. The second-order valence-electron chi connectivity index (χ2n) is 7.28. The SMILES string of the molecule is COC1(c2cccc(C(N)=O)c2)C(C)CCCC1CN(C)CCCF. The molecule has 0 spiro atoms. The van der Waals surface area contributed by atoms with Crippen molar-refractivity contribution < 1.29 is 13.9 Å². The lowest BCUT2D eigenvalue weighted by Crippen LogP contribution is -2.50. The Morgan fingerprint density at radius 2 is 2.20 bits per heavy atom. The molecule has 2 N–H and O–H groups in total. The maximum Gasteiger partial charge on any atom is 0.248 e. The zero-order valence-corrected chi connectivity index (χ0v) is 15.6. The van der Waals surface area contributed by atoms with Crippen LogP contribution in [0.2, 0.25) is 0 Å². The van der Waals surface area contributed by atoms with Crippen LogP contribution in [0.4, 0.5) is 4.39 Å². The van der Waals surface area contributed by atoms with E-state index in [0.717, 1.165) is 37.9 Å². The molecule has 0 heterocycles.